The van der Waals surface area contributed by atoms with E-state index < -0.39 is 0 Å². The molecule has 106 valence electrons. The maximum atomic E-state index is 6.56. The molecule has 19 heavy (non-hydrogen) atoms. The van der Waals surface area contributed by atoms with E-state index in [1.165, 1.54) is 55.2 Å². The van der Waals surface area contributed by atoms with E-state index in [1.807, 2.05) is 0 Å². The fourth-order valence-corrected chi connectivity index (χ4v) is 3.63. The zero-order chi connectivity index (χ0) is 13.8. The zero-order valence-electron chi connectivity index (χ0n) is 12.8. The van der Waals surface area contributed by atoms with Crippen LogP contribution < -0.4 is 5.73 Å². The van der Waals surface area contributed by atoms with Gasteiger partial charge in [0.25, 0.3) is 0 Å². The van der Waals surface area contributed by atoms with Crippen LogP contribution in [-0.2, 0) is 0 Å². The minimum Gasteiger partial charge on any atom is -0.324 e. The molecule has 0 aliphatic heterocycles. The molecule has 0 heterocycles. The third kappa shape index (κ3) is 3.39. The van der Waals surface area contributed by atoms with Gasteiger partial charge in [-0.1, -0.05) is 50.8 Å². The van der Waals surface area contributed by atoms with Gasteiger partial charge >= 0.3 is 0 Å². The minimum atomic E-state index is 0.238. The fraction of sp³-hybridized carbons (Fsp3) is 0.667. The molecule has 1 nitrogen and oxygen atoms in total. The van der Waals surface area contributed by atoms with Gasteiger partial charge in [-0.2, -0.15) is 0 Å². The molecule has 0 amide bonds. The van der Waals surface area contributed by atoms with Crippen LogP contribution in [0.15, 0.2) is 18.2 Å². The molecule has 1 aliphatic rings. The fourth-order valence-electron chi connectivity index (χ4n) is 3.63. The second-order valence-electron chi connectivity index (χ2n) is 6.38. The summed E-state index contributed by atoms with van der Waals surface area (Å²) in [7, 11) is 0. The highest BCUT2D eigenvalue weighted by molar-refractivity contribution is 5.35. The highest BCUT2D eigenvalue weighted by Crippen LogP contribution is 2.38. The van der Waals surface area contributed by atoms with Gasteiger partial charge in [0.05, 0.1) is 0 Å². The molecular formula is C18H29N. The number of benzene rings is 1. The molecule has 0 aromatic heterocycles. The van der Waals surface area contributed by atoms with Gasteiger partial charge in [0.2, 0.25) is 0 Å². The summed E-state index contributed by atoms with van der Waals surface area (Å²) in [5.41, 5.74) is 10.7. The smallest absolute Gasteiger partial charge is 0.0326 e. The summed E-state index contributed by atoms with van der Waals surface area (Å²) in [6.07, 6.45) is 8.15. The summed E-state index contributed by atoms with van der Waals surface area (Å²) in [6, 6.07) is 6.80. The minimum absolute atomic E-state index is 0.238. The second-order valence-corrected chi connectivity index (χ2v) is 6.38. The van der Waals surface area contributed by atoms with E-state index in [9.17, 15) is 0 Å². The largest absolute Gasteiger partial charge is 0.324 e. The predicted molar refractivity (Wildman–Crippen MR) is 83.2 cm³/mol. The van der Waals surface area contributed by atoms with Crippen molar-refractivity contribution < 1.29 is 0 Å². The Morgan fingerprint density at radius 3 is 2.47 bits per heavy atom. The first-order valence-electron chi connectivity index (χ1n) is 7.95. The summed E-state index contributed by atoms with van der Waals surface area (Å²) < 4.78 is 0. The number of hydrogen-bond donors (Lipinski definition) is 1. The lowest BCUT2D eigenvalue weighted by Gasteiger charge is -2.33. The van der Waals surface area contributed by atoms with Crippen molar-refractivity contribution in [3.8, 4) is 0 Å². The molecular weight excluding hydrogens is 230 g/mol. The average Bonchev–Trinajstić information content (AvgIpc) is 2.42. The van der Waals surface area contributed by atoms with Crippen LogP contribution in [-0.4, -0.2) is 0 Å². The van der Waals surface area contributed by atoms with E-state index >= 15 is 0 Å². The first-order chi connectivity index (χ1) is 9.13. The Balaban J connectivity index is 2.01. The molecule has 1 atom stereocenters. The van der Waals surface area contributed by atoms with Crippen molar-refractivity contribution in [1.82, 2.24) is 0 Å². The van der Waals surface area contributed by atoms with Crippen molar-refractivity contribution in [1.29, 1.82) is 0 Å². The van der Waals surface area contributed by atoms with Crippen molar-refractivity contribution in [2.75, 3.05) is 0 Å². The Labute approximate surface area is 118 Å². The molecule has 1 aliphatic carbocycles. The van der Waals surface area contributed by atoms with E-state index in [4.69, 9.17) is 5.73 Å². The molecule has 1 unspecified atom stereocenters. The SMILES string of the molecule is CCCC1CCC(C(N)c2cccc(C)c2C)CC1. The topological polar surface area (TPSA) is 26.0 Å². The Morgan fingerprint density at radius 1 is 1.16 bits per heavy atom. The van der Waals surface area contributed by atoms with Gasteiger partial charge in [0, 0.05) is 6.04 Å². The van der Waals surface area contributed by atoms with E-state index in [0.717, 1.165) is 5.92 Å². The van der Waals surface area contributed by atoms with Crippen LogP contribution >= 0.6 is 0 Å². The maximum absolute atomic E-state index is 6.56. The van der Waals surface area contributed by atoms with E-state index in [1.54, 1.807) is 0 Å². The standard InChI is InChI=1S/C18H29N/c1-4-6-15-9-11-16(12-10-15)18(19)17-8-5-7-13(2)14(17)3/h5,7-8,15-16,18H,4,6,9-12,19H2,1-3H3. The monoisotopic (exact) mass is 259 g/mol. The van der Waals surface area contributed by atoms with Crippen LogP contribution in [0.5, 0.6) is 0 Å². The summed E-state index contributed by atoms with van der Waals surface area (Å²) in [5.74, 6) is 1.65. The van der Waals surface area contributed by atoms with Crippen molar-refractivity contribution in [2.45, 2.75) is 65.3 Å². The lowest BCUT2D eigenvalue weighted by atomic mass is 9.75. The summed E-state index contributed by atoms with van der Waals surface area (Å²) in [4.78, 5) is 0. The number of hydrogen-bond acceptors (Lipinski definition) is 1. The molecule has 2 rings (SSSR count). The van der Waals surface area contributed by atoms with Crippen LogP contribution in [0.2, 0.25) is 0 Å². The van der Waals surface area contributed by atoms with Gasteiger partial charge in [-0.05, 0) is 55.2 Å². The molecule has 1 saturated carbocycles. The van der Waals surface area contributed by atoms with Crippen molar-refractivity contribution in [3.63, 3.8) is 0 Å². The molecule has 2 N–H and O–H groups in total. The van der Waals surface area contributed by atoms with Crippen LogP contribution in [0, 0.1) is 25.7 Å². The van der Waals surface area contributed by atoms with Gasteiger partial charge in [0.1, 0.15) is 0 Å². The zero-order valence-corrected chi connectivity index (χ0v) is 12.8. The Kier molecular flexibility index (Phi) is 5.04. The van der Waals surface area contributed by atoms with E-state index in [-0.39, 0.29) is 6.04 Å². The molecule has 0 spiro atoms. The van der Waals surface area contributed by atoms with Gasteiger partial charge in [-0.15, -0.1) is 0 Å². The molecule has 0 bridgehead atoms. The predicted octanol–water partition coefficient (Wildman–Crippen LogP) is 4.91. The van der Waals surface area contributed by atoms with Crippen molar-refractivity contribution in [2.24, 2.45) is 17.6 Å². The molecule has 0 saturated heterocycles. The first kappa shape index (κ1) is 14.6. The Morgan fingerprint density at radius 2 is 1.84 bits per heavy atom. The number of nitrogens with two attached hydrogens (primary N) is 1. The van der Waals surface area contributed by atoms with Gasteiger partial charge in [0.15, 0.2) is 0 Å². The van der Waals surface area contributed by atoms with Crippen LogP contribution in [0.1, 0.15) is 68.2 Å². The Hall–Kier alpha value is -0.820. The third-order valence-corrected chi connectivity index (χ3v) is 5.10. The van der Waals surface area contributed by atoms with E-state index in [0.29, 0.717) is 5.92 Å². The first-order valence-corrected chi connectivity index (χ1v) is 7.95. The number of rotatable bonds is 4. The van der Waals surface area contributed by atoms with Crippen molar-refractivity contribution in [3.05, 3.63) is 34.9 Å². The van der Waals surface area contributed by atoms with Crippen molar-refractivity contribution >= 4 is 0 Å². The lowest BCUT2D eigenvalue weighted by Crippen LogP contribution is -2.26. The Bertz CT molecular complexity index is 402. The van der Waals surface area contributed by atoms with Crippen LogP contribution in [0.3, 0.4) is 0 Å². The molecule has 0 radical (unpaired) electrons. The molecule has 1 heteroatoms. The number of aryl methyl sites for hydroxylation is 1. The summed E-state index contributed by atoms with van der Waals surface area (Å²) in [5, 5.41) is 0. The molecule has 1 fully saturated rings. The highest BCUT2D eigenvalue weighted by atomic mass is 14.7. The maximum Gasteiger partial charge on any atom is 0.0326 e. The van der Waals surface area contributed by atoms with Crippen LogP contribution in [0.4, 0.5) is 0 Å². The van der Waals surface area contributed by atoms with Gasteiger partial charge in [-0.25, -0.2) is 0 Å². The molecule has 1 aromatic rings. The van der Waals surface area contributed by atoms with Gasteiger partial charge in [-0.3, -0.25) is 0 Å². The lowest BCUT2D eigenvalue weighted by molar-refractivity contribution is 0.234. The quantitative estimate of drug-likeness (QED) is 0.817. The highest BCUT2D eigenvalue weighted by Gasteiger charge is 2.26. The van der Waals surface area contributed by atoms with Crippen LogP contribution in [0.25, 0.3) is 0 Å². The van der Waals surface area contributed by atoms with Gasteiger partial charge < -0.3 is 5.73 Å². The third-order valence-electron chi connectivity index (χ3n) is 5.10. The molecule has 1 aromatic carbocycles. The average molecular weight is 259 g/mol. The normalized spacial score (nSPS) is 25.3. The summed E-state index contributed by atoms with van der Waals surface area (Å²) in [6.45, 7) is 6.70. The second kappa shape index (κ2) is 6.56. The summed E-state index contributed by atoms with van der Waals surface area (Å²) >= 11 is 0. The van der Waals surface area contributed by atoms with E-state index in [2.05, 4.69) is 39.0 Å².